The van der Waals surface area contributed by atoms with Gasteiger partial charge in [0, 0.05) is 11.3 Å². The van der Waals surface area contributed by atoms with Crippen molar-refractivity contribution in [2.45, 2.75) is 105 Å². The Morgan fingerprint density at radius 1 is 1.02 bits per heavy atom. The number of nitriles is 1. The summed E-state index contributed by atoms with van der Waals surface area (Å²) in [5.74, 6) is -2.21. The summed E-state index contributed by atoms with van der Waals surface area (Å²) in [6.07, 6.45) is 2.06. The van der Waals surface area contributed by atoms with Crippen LogP contribution in [0, 0.1) is 55.7 Å². The number of hydroxylamine groups is 1. The van der Waals surface area contributed by atoms with Gasteiger partial charge in [-0.3, -0.25) is 14.4 Å². The minimum atomic E-state index is -4.54. The van der Waals surface area contributed by atoms with Crippen molar-refractivity contribution >= 4 is 17.5 Å². The molecule has 1 amide bonds. The number of rotatable bonds is 3. The lowest BCUT2D eigenvalue weighted by Gasteiger charge is -2.71. The lowest BCUT2D eigenvalue weighted by molar-refractivity contribution is -0.187. The number of hydrogen-bond donors (Lipinski definition) is 3. The fraction of sp³-hybridized carbons (Fsp3) is 0.758. The van der Waals surface area contributed by atoms with E-state index in [0.717, 1.165) is 5.57 Å². The van der Waals surface area contributed by atoms with Gasteiger partial charge in [-0.1, -0.05) is 54.5 Å². The first-order chi connectivity index (χ1) is 19.6. The predicted octanol–water partition coefficient (Wildman–Crippen LogP) is 5.99. The Bertz CT molecular complexity index is 1390. The molecule has 0 radical (unpaired) electrons. The van der Waals surface area contributed by atoms with E-state index in [-0.39, 0.29) is 22.6 Å². The summed E-state index contributed by atoms with van der Waals surface area (Å²) in [5.41, 5.74) is -2.76. The number of ketones is 2. The van der Waals surface area contributed by atoms with Crippen molar-refractivity contribution in [3.63, 3.8) is 0 Å². The number of Topliss-reactive ketones (excluding diaryl/α,β-unsaturated/α-hetero) is 1. The molecule has 3 N–H and O–H groups in total. The Labute approximate surface area is 251 Å². The van der Waals surface area contributed by atoms with Gasteiger partial charge in [-0.2, -0.15) is 23.9 Å². The molecule has 2 unspecified atom stereocenters. The van der Waals surface area contributed by atoms with E-state index in [0.29, 0.717) is 44.9 Å². The zero-order valence-electron chi connectivity index (χ0n) is 26.2. The zero-order chi connectivity index (χ0) is 32.2. The fourth-order valence-electron chi connectivity index (χ4n) is 10.6. The molecule has 0 aromatic rings. The largest absolute Gasteiger partial charge is 0.405 e. The molecule has 0 aliphatic heterocycles. The smallest absolute Gasteiger partial charge is 0.346 e. The van der Waals surface area contributed by atoms with Gasteiger partial charge in [0.15, 0.2) is 11.6 Å². The number of hydrogen-bond acceptors (Lipinski definition) is 6. The molecule has 10 heteroatoms. The molecule has 43 heavy (non-hydrogen) atoms. The maximum absolute atomic E-state index is 14.5. The first kappa shape index (κ1) is 31.9. The highest BCUT2D eigenvalue weighted by Crippen LogP contribution is 2.75. The van der Waals surface area contributed by atoms with Gasteiger partial charge in [-0.25, -0.2) is 0 Å². The van der Waals surface area contributed by atoms with E-state index in [4.69, 9.17) is 0 Å². The van der Waals surface area contributed by atoms with Crippen molar-refractivity contribution in [3.05, 3.63) is 23.3 Å². The lowest BCUT2D eigenvalue weighted by atomic mass is 9.33. The van der Waals surface area contributed by atoms with Crippen LogP contribution in [-0.2, 0) is 14.4 Å². The maximum Gasteiger partial charge on any atom is 0.405 e. The Kier molecular flexibility index (Phi) is 6.87. The van der Waals surface area contributed by atoms with Crippen LogP contribution >= 0.6 is 0 Å². The predicted molar refractivity (Wildman–Crippen MR) is 152 cm³/mol. The Balaban J connectivity index is 1.69. The Hall–Kier alpha value is -2.51. The van der Waals surface area contributed by atoms with Gasteiger partial charge in [-0.05, 0) is 78.8 Å². The van der Waals surface area contributed by atoms with Crippen LogP contribution in [0.4, 0.5) is 13.2 Å². The number of carbonyl (C=O) groups excluding carboxylic acids is 3. The molecule has 0 saturated heterocycles. The van der Waals surface area contributed by atoms with E-state index in [1.54, 1.807) is 26.0 Å². The standard InChI is InChI=1S/C33H44F3N3O4/c1-26(2)8-11-31(25(42)38-18-33(34,35)36)12-9-29(6)23(20(31)16-26)21(40)14-22-28(29,5)10-13-32(39-43)27(3,4)24(41)19(17-37)15-30(22,32)7/h14-15,20,23,39,43H,8-13,16,18H2,1-7H3,(H,38,42)/t20?,23?,28-,29-,30-,31+,32-/m1/s1. The fourth-order valence-corrected chi connectivity index (χ4v) is 10.6. The van der Waals surface area contributed by atoms with Gasteiger partial charge in [0.25, 0.3) is 0 Å². The van der Waals surface area contributed by atoms with Gasteiger partial charge in [0.05, 0.1) is 21.9 Å². The third-order valence-corrected chi connectivity index (χ3v) is 13.3. The van der Waals surface area contributed by atoms with Crippen molar-refractivity contribution < 1.29 is 32.8 Å². The molecular weight excluding hydrogens is 559 g/mol. The van der Waals surface area contributed by atoms with E-state index >= 15 is 0 Å². The Morgan fingerprint density at radius 3 is 2.23 bits per heavy atom. The summed E-state index contributed by atoms with van der Waals surface area (Å²) in [6.45, 7) is 12.3. The summed E-state index contributed by atoms with van der Waals surface area (Å²) < 4.78 is 39.5. The van der Waals surface area contributed by atoms with E-state index in [9.17, 15) is 38.0 Å². The van der Waals surface area contributed by atoms with Crippen LogP contribution in [0.5, 0.6) is 0 Å². The van der Waals surface area contributed by atoms with E-state index in [1.807, 2.05) is 13.0 Å². The lowest BCUT2D eigenvalue weighted by Crippen LogP contribution is -2.74. The van der Waals surface area contributed by atoms with Crippen LogP contribution in [0.2, 0.25) is 0 Å². The van der Waals surface area contributed by atoms with Crippen molar-refractivity contribution in [2.75, 3.05) is 6.54 Å². The topological polar surface area (TPSA) is 119 Å². The summed E-state index contributed by atoms with van der Waals surface area (Å²) in [7, 11) is 0. The number of alkyl halides is 3. The van der Waals surface area contributed by atoms with Crippen molar-refractivity contribution in [1.29, 1.82) is 5.26 Å². The molecule has 7 nitrogen and oxygen atoms in total. The molecule has 0 bridgehead atoms. The zero-order valence-corrected chi connectivity index (χ0v) is 26.2. The molecule has 0 aromatic heterocycles. The van der Waals surface area contributed by atoms with Crippen LogP contribution in [0.1, 0.15) is 93.4 Å². The third-order valence-electron chi connectivity index (χ3n) is 13.3. The average Bonchev–Trinajstić information content (AvgIpc) is 2.90. The monoisotopic (exact) mass is 603 g/mol. The molecule has 3 fully saturated rings. The van der Waals surface area contributed by atoms with Crippen LogP contribution in [-0.4, -0.2) is 40.9 Å². The first-order valence-electron chi connectivity index (χ1n) is 15.3. The summed E-state index contributed by atoms with van der Waals surface area (Å²) in [5, 5.41) is 22.9. The van der Waals surface area contributed by atoms with Gasteiger partial charge < -0.3 is 10.5 Å². The second kappa shape index (κ2) is 9.26. The number of amides is 1. The molecule has 0 spiro atoms. The number of halogens is 3. The Morgan fingerprint density at radius 2 is 1.65 bits per heavy atom. The summed E-state index contributed by atoms with van der Waals surface area (Å²) in [4.78, 5) is 41.7. The highest BCUT2D eigenvalue weighted by molar-refractivity contribution is 6.06. The quantitative estimate of drug-likeness (QED) is 0.341. The SMILES string of the molecule is CC1(C)CC[C@]2(C(=O)NCC(F)(F)F)CC[C@]3(C)C(C(=O)C=C4[C@@]5(C)C=C(C#N)C(=O)C(C)(C)[C@]5(NO)CC[C@]43C)C2C1. The molecular formula is C33H44F3N3O4. The van der Waals surface area contributed by atoms with Crippen molar-refractivity contribution in [2.24, 2.45) is 44.3 Å². The maximum atomic E-state index is 14.5. The minimum absolute atomic E-state index is 0.0127. The third kappa shape index (κ3) is 3.95. The van der Waals surface area contributed by atoms with Gasteiger partial charge in [0.2, 0.25) is 5.91 Å². The molecule has 5 aliphatic rings. The first-order valence-corrected chi connectivity index (χ1v) is 15.3. The van der Waals surface area contributed by atoms with Crippen LogP contribution in [0.25, 0.3) is 0 Å². The van der Waals surface area contributed by atoms with E-state index < -0.39 is 63.1 Å². The molecule has 5 aliphatic carbocycles. The molecule has 7 atom stereocenters. The number of nitrogens with one attached hydrogen (secondary N) is 2. The highest BCUT2D eigenvalue weighted by atomic mass is 19.4. The number of fused-ring (bicyclic) bond motifs is 7. The van der Waals surface area contributed by atoms with Gasteiger partial charge in [0.1, 0.15) is 12.6 Å². The molecule has 0 aromatic carbocycles. The van der Waals surface area contributed by atoms with E-state index in [1.165, 1.54) is 0 Å². The van der Waals surface area contributed by atoms with Crippen LogP contribution < -0.4 is 10.8 Å². The highest BCUT2D eigenvalue weighted by Gasteiger charge is 2.74. The average molecular weight is 604 g/mol. The number of allylic oxidation sites excluding steroid dienone is 2. The number of carbonyl (C=O) groups is 3. The van der Waals surface area contributed by atoms with Crippen molar-refractivity contribution in [1.82, 2.24) is 10.8 Å². The number of nitrogens with zero attached hydrogens (tertiary/aromatic N) is 1. The molecule has 0 heterocycles. The van der Waals surface area contributed by atoms with Crippen LogP contribution in [0.3, 0.4) is 0 Å². The molecule has 3 saturated carbocycles. The van der Waals surface area contributed by atoms with Crippen molar-refractivity contribution in [3.8, 4) is 6.07 Å². The molecule has 236 valence electrons. The normalized spacial score (nSPS) is 43.1. The van der Waals surface area contributed by atoms with Gasteiger partial charge in [-0.15, -0.1) is 0 Å². The van der Waals surface area contributed by atoms with E-state index in [2.05, 4.69) is 38.5 Å². The second-order valence-corrected chi connectivity index (χ2v) is 16.0. The minimum Gasteiger partial charge on any atom is -0.346 e. The summed E-state index contributed by atoms with van der Waals surface area (Å²) in [6, 6.07) is 2.05. The summed E-state index contributed by atoms with van der Waals surface area (Å²) >= 11 is 0. The van der Waals surface area contributed by atoms with Crippen LogP contribution in [0.15, 0.2) is 23.3 Å². The molecule has 5 rings (SSSR count). The second-order valence-electron chi connectivity index (χ2n) is 16.0. The van der Waals surface area contributed by atoms with Gasteiger partial charge >= 0.3 is 6.18 Å².